The summed E-state index contributed by atoms with van der Waals surface area (Å²) in [5.41, 5.74) is 0.608. The number of thioether (sulfide) groups is 1. The van der Waals surface area contributed by atoms with Crippen molar-refractivity contribution in [3.05, 3.63) is 29.8 Å². The number of nitrogens with zero attached hydrogens (tertiary/aromatic N) is 2. The van der Waals surface area contributed by atoms with E-state index in [-0.39, 0.29) is 6.61 Å². The van der Waals surface area contributed by atoms with E-state index in [1.807, 2.05) is 11.8 Å². The van der Waals surface area contributed by atoms with Crippen molar-refractivity contribution in [2.24, 2.45) is 0 Å². The molecule has 0 spiro atoms. The van der Waals surface area contributed by atoms with Crippen molar-refractivity contribution >= 4 is 11.8 Å². The van der Waals surface area contributed by atoms with Crippen molar-refractivity contribution in [3.63, 3.8) is 0 Å². The van der Waals surface area contributed by atoms with Crippen LogP contribution >= 0.6 is 11.8 Å². The van der Waals surface area contributed by atoms with Crippen LogP contribution in [0.15, 0.2) is 24.3 Å². The molecule has 1 heterocycles. The second kappa shape index (κ2) is 7.69. The molecule has 3 atom stereocenters. The highest BCUT2D eigenvalue weighted by Crippen LogP contribution is 2.24. The Hall–Kier alpha value is -1.22. The van der Waals surface area contributed by atoms with E-state index in [1.54, 1.807) is 24.3 Å². The van der Waals surface area contributed by atoms with Crippen molar-refractivity contribution in [1.82, 2.24) is 4.90 Å². The molecule has 1 aliphatic heterocycles. The van der Waals surface area contributed by atoms with Crippen molar-refractivity contribution < 1.29 is 9.84 Å². The summed E-state index contributed by atoms with van der Waals surface area (Å²) in [6, 6.07) is 9.49. The van der Waals surface area contributed by atoms with Gasteiger partial charge in [0.25, 0.3) is 0 Å². The van der Waals surface area contributed by atoms with Crippen LogP contribution in [-0.2, 0) is 0 Å². The maximum Gasteiger partial charge on any atom is 0.119 e. The van der Waals surface area contributed by atoms with Gasteiger partial charge in [-0.25, -0.2) is 0 Å². The lowest BCUT2D eigenvalue weighted by Crippen LogP contribution is -2.48. The van der Waals surface area contributed by atoms with E-state index in [2.05, 4.69) is 24.8 Å². The van der Waals surface area contributed by atoms with Crippen molar-refractivity contribution in [3.8, 4) is 11.8 Å². The smallest absolute Gasteiger partial charge is 0.119 e. The van der Waals surface area contributed by atoms with E-state index >= 15 is 0 Å². The van der Waals surface area contributed by atoms with Gasteiger partial charge in [-0.1, -0.05) is 6.92 Å². The normalized spacial score (nSPS) is 24.3. The van der Waals surface area contributed by atoms with Crippen LogP contribution in [-0.4, -0.2) is 52.9 Å². The van der Waals surface area contributed by atoms with E-state index < -0.39 is 6.10 Å². The Morgan fingerprint density at radius 1 is 1.43 bits per heavy atom. The molecule has 4 nitrogen and oxygen atoms in total. The van der Waals surface area contributed by atoms with Crippen LogP contribution in [0, 0.1) is 11.3 Å². The zero-order valence-electron chi connectivity index (χ0n) is 12.5. The van der Waals surface area contributed by atoms with Gasteiger partial charge in [-0.2, -0.15) is 17.0 Å². The van der Waals surface area contributed by atoms with Gasteiger partial charge in [-0.3, -0.25) is 4.90 Å². The molecule has 3 unspecified atom stereocenters. The lowest BCUT2D eigenvalue weighted by atomic mass is 10.2. The van der Waals surface area contributed by atoms with Gasteiger partial charge >= 0.3 is 0 Å². The molecule has 1 aromatic rings. The van der Waals surface area contributed by atoms with E-state index in [9.17, 15) is 5.11 Å². The maximum absolute atomic E-state index is 10.1. The third-order valence-corrected chi connectivity index (χ3v) is 5.22. The molecule has 0 bridgehead atoms. The molecule has 1 fully saturated rings. The number of benzene rings is 1. The second-order valence-electron chi connectivity index (χ2n) is 5.41. The predicted molar refractivity (Wildman–Crippen MR) is 85.6 cm³/mol. The maximum atomic E-state index is 10.1. The van der Waals surface area contributed by atoms with E-state index in [1.165, 1.54) is 0 Å². The number of β-amino-alcohol motifs (C(OH)–C–C–N with tert-alkyl or cyclic N) is 1. The molecule has 114 valence electrons. The number of hydrogen-bond acceptors (Lipinski definition) is 5. The Labute approximate surface area is 130 Å². The fourth-order valence-corrected chi connectivity index (χ4v) is 3.56. The van der Waals surface area contributed by atoms with Crippen molar-refractivity contribution in [1.29, 1.82) is 5.26 Å². The molecular weight excluding hydrogens is 284 g/mol. The molecule has 1 aliphatic rings. The molecule has 1 saturated heterocycles. The minimum atomic E-state index is -0.501. The van der Waals surface area contributed by atoms with Gasteiger partial charge in [-0.15, -0.1) is 0 Å². The Morgan fingerprint density at radius 3 is 2.81 bits per heavy atom. The topological polar surface area (TPSA) is 56.5 Å². The van der Waals surface area contributed by atoms with Crippen LogP contribution < -0.4 is 4.74 Å². The fraction of sp³-hybridized carbons (Fsp3) is 0.562. The van der Waals surface area contributed by atoms with Crippen LogP contribution in [0.5, 0.6) is 5.75 Å². The summed E-state index contributed by atoms with van der Waals surface area (Å²) in [5, 5.41) is 19.5. The minimum absolute atomic E-state index is 0.274. The van der Waals surface area contributed by atoms with Crippen LogP contribution in [0.1, 0.15) is 19.4 Å². The van der Waals surface area contributed by atoms with Gasteiger partial charge in [0.2, 0.25) is 0 Å². The average molecular weight is 306 g/mol. The van der Waals surface area contributed by atoms with Crippen LogP contribution in [0.4, 0.5) is 0 Å². The van der Waals surface area contributed by atoms with E-state index in [4.69, 9.17) is 10.00 Å². The summed E-state index contributed by atoms with van der Waals surface area (Å²) in [4.78, 5) is 2.33. The molecular formula is C16H22N2O2S. The molecule has 1 N–H and O–H groups in total. The van der Waals surface area contributed by atoms with Crippen molar-refractivity contribution in [2.75, 3.05) is 25.4 Å². The third-order valence-electron chi connectivity index (χ3n) is 3.89. The van der Waals surface area contributed by atoms with Crippen LogP contribution in [0.3, 0.4) is 0 Å². The molecule has 0 aliphatic carbocycles. The highest BCUT2D eigenvalue weighted by molar-refractivity contribution is 8.00. The number of aliphatic hydroxyl groups excluding tert-OH is 1. The average Bonchev–Trinajstić information content (AvgIpc) is 2.50. The first-order chi connectivity index (χ1) is 10.1. The van der Waals surface area contributed by atoms with E-state index in [0.717, 1.165) is 12.3 Å². The molecule has 0 radical (unpaired) electrons. The molecule has 5 heteroatoms. The molecule has 1 aromatic carbocycles. The lowest BCUT2D eigenvalue weighted by molar-refractivity contribution is 0.0561. The molecule has 0 amide bonds. The quantitative estimate of drug-likeness (QED) is 0.903. The van der Waals surface area contributed by atoms with Crippen molar-refractivity contribution in [2.45, 2.75) is 31.2 Å². The number of nitriles is 1. The monoisotopic (exact) mass is 306 g/mol. The summed E-state index contributed by atoms with van der Waals surface area (Å²) in [6.45, 7) is 6.38. The summed E-state index contributed by atoms with van der Waals surface area (Å²) < 4.78 is 5.58. The number of aliphatic hydroxyl groups is 1. The lowest BCUT2D eigenvalue weighted by Gasteiger charge is -2.38. The third kappa shape index (κ3) is 4.63. The standard InChI is InChI=1S/C16H22N2O2S/c1-12-13(2)21-8-7-18(12)10-15(19)11-20-16-5-3-14(9-17)4-6-16/h3-6,12-13,15,19H,7-8,10-11H2,1-2H3. The largest absolute Gasteiger partial charge is 0.491 e. The Bertz CT molecular complexity index is 486. The predicted octanol–water partition coefficient (Wildman–Crippen LogP) is 2.12. The van der Waals surface area contributed by atoms with Gasteiger partial charge in [0.15, 0.2) is 0 Å². The van der Waals surface area contributed by atoms with Gasteiger partial charge in [0.1, 0.15) is 18.5 Å². The molecule has 21 heavy (non-hydrogen) atoms. The first-order valence-electron chi connectivity index (χ1n) is 7.27. The summed E-state index contributed by atoms with van der Waals surface area (Å²) in [7, 11) is 0. The molecule has 0 aromatic heterocycles. The molecule has 0 saturated carbocycles. The van der Waals surface area contributed by atoms with Gasteiger partial charge in [0.05, 0.1) is 11.6 Å². The summed E-state index contributed by atoms with van der Waals surface area (Å²) >= 11 is 1.99. The second-order valence-corrected chi connectivity index (χ2v) is 6.90. The number of hydrogen-bond donors (Lipinski definition) is 1. The van der Waals surface area contributed by atoms with Crippen LogP contribution in [0.2, 0.25) is 0 Å². The first-order valence-corrected chi connectivity index (χ1v) is 8.31. The Morgan fingerprint density at radius 2 is 2.14 bits per heavy atom. The van der Waals surface area contributed by atoms with Gasteiger partial charge in [-0.05, 0) is 31.2 Å². The SMILES string of the molecule is CC1SCCN(CC(O)COc2ccc(C#N)cc2)C1C. The first kappa shape index (κ1) is 16.2. The summed E-state index contributed by atoms with van der Waals surface area (Å²) in [5.74, 6) is 1.80. The highest BCUT2D eigenvalue weighted by Gasteiger charge is 2.26. The zero-order valence-corrected chi connectivity index (χ0v) is 13.3. The van der Waals surface area contributed by atoms with Crippen LogP contribution in [0.25, 0.3) is 0 Å². The Kier molecular flexibility index (Phi) is 5.92. The van der Waals surface area contributed by atoms with Gasteiger partial charge in [0, 0.05) is 30.1 Å². The number of ether oxygens (including phenoxy) is 1. The summed E-state index contributed by atoms with van der Waals surface area (Å²) in [6.07, 6.45) is -0.501. The molecule has 2 rings (SSSR count). The minimum Gasteiger partial charge on any atom is -0.491 e. The number of rotatable bonds is 5. The fourth-order valence-electron chi connectivity index (χ4n) is 2.39. The highest BCUT2D eigenvalue weighted by atomic mass is 32.2. The van der Waals surface area contributed by atoms with E-state index in [0.29, 0.717) is 29.1 Å². The Balaban J connectivity index is 1.78. The zero-order chi connectivity index (χ0) is 15.2. The van der Waals surface area contributed by atoms with Gasteiger partial charge < -0.3 is 9.84 Å².